The minimum atomic E-state index is -4.02. The van der Waals surface area contributed by atoms with Crippen molar-refractivity contribution in [1.82, 2.24) is 0 Å². The van der Waals surface area contributed by atoms with Crippen LogP contribution in [-0.2, 0) is 26.5 Å². The summed E-state index contributed by atoms with van der Waals surface area (Å²) in [5.41, 5.74) is 2.52. The molecule has 0 amide bonds. The number of ether oxygens (including phenoxy) is 1. The number of sulfonamides is 2. The lowest BCUT2D eigenvalue weighted by Gasteiger charge is -2.16. The van der Waals surface area contributed by atoms with E-state index in [0.29, 0.717) is 23.4 Å². The highest BCUT2D eigenvalue weighted by molar-refractivity contribution is 7.93. The molecule has 0 saturated heterocycles. The number of benzene rings is 4. The molecule has 4 aromatic rings. The Morgan fingerprint density at radius 1 is 0.707 bits per heavy atom. The monoisotopic (exact) mass is 594 g/mol. The van der Waals surface area contributed by atoms with Crippen LogP contribution >= 0.6 is 0 Å². The molecule has 4 aromatic carbocycles. The van der Waals surface area contributed by atoms with Crippen molar-refractivity contribution in [2.24, 2.45) is 0 Å². The van der Waals surface area contributed by atoms with Gasteiger partial charge in [0.1, 0.15) is 11.5 Å². The Balaban J connectivity index is 1.58. The largest absolute Gasteiger partial charge is 0.478 e. The van der Waals surface area contributed by atoms with E-state index >= 15 is 0 Å². The molecular formula is C30H30N2O7S2. The average Bonchev–Trinajstić information content (AvgIpc) is 2.91. The molecule has 0 fully saturated rings. The Morgan fingerprint density at radius 2 is 1.17 bits per heavy atom. The highest BCUT2D eigenvalue weighted by atomic mass is 32.2. The van der Waals surface area contributed by atoms with Crippen LogP contribution < -0.4 is 14.2 Å². The van der Waals surface area contributed by atoms with E-state index in [1.165, 1.54) is 30.3 Å². The van der Waals surface area contributed by atoms with E-state index in [9.17, 15) is 26.7 Å². The molecule has 0 radical (unpaired) electrons. The third-order valence-corrected chi connectivity index (χ3v) is 8.97. The zero-order valence-corrected chi connectivity index (χ0v) is 24.3. The van der Waals surface area contributed by atoms with Gasteiger partial charge in [0.15, 0.2) is 0 Å². The van der Waals surface area contributed by atoms with Crippen molar-refractivity contribution in [2.45, 2.75) is 43.4 Å². The zero-order chi connectivity index (χ0) is 29.8. The first-order valence-corrected chi connectivity index (χ1v) is 15.7. The number of carbonyl (C=O) groups is 1. The maximum Gasteiger partial charge on any atom is 0.337 e. The minimum Gasteiger partial charge on any atom is -0.478 e. The minimum absolute atomic E-state index is 0.00121. The fourth-order valence-electron chi connectivity index (χ4n) is 4.04. The van der Waals surface area contributed by atoms with Crippen molar-refractivity contribution in [3.63, 3.8) is 0 Å². The topological polar surface area (TPSA) is 139 Å². The number of aryl methyl sites for hydroxylation is 3. The first-order chi connectivity index (χ1) is 19.4. The summed E-state index contributed by atoms with van der Waals surface area (Å²) < 4.78 is 62.4. The second-order valence-corrected chi connectivity index (χ2v) is 12.9. The predicted octanol–water partition coefficient (Wildman–Crippen LogP) is 6.35. The van der Waals surface area contributed by atoms with Gasteiger partial charge in [-0.2, -0.15) is 0 Å². The summed E-state index contributed by atoms with van der Waals surface area (Å²) in [4.78, 5) is 12.1. The average molecular weight is 595 g/mol. The van der Waals surface area contributed by atoms with Crippen molar-refractivity contribution in [3.05, 3.63) is 107 Å². The molecule has 11 heteroatoms. The van der Waals surface area contributed by atoms with Gasteiger partial charge < -0.3 is 9.84 Å². The second kappa shape index (κ2) is 12.0. The fraction of sp³-hybridized carbons (Fsp3) is 0.167. The van der Waals surface area contributed by atoms with E-state index in [1.807, 2.05) is 20.8 Å². The third-order valence-electron chi connectivity index (χ3n) is 6.20. The first kappa shape index (κ1) is 29.6. The fourth-order valence-corrected chi connectivity index (χ4v) is 6.22. The third kappa shape index (κ3) is 7.24. The van der Waals surface area contributed by atoms with Gasteiger partial charge in [-0.05, 0) is 86.5 Å². The van der Waals surface area contributed by atoms with E-state index in [2.05, 4.69) is 9.44 Å². The second-order valence-electron chi connectivity index (χ2n) is 9.52. The van der Waals surface area contributed by atoms with Gasteiger partial charge in [-0.25, -0.2) is 21.6 Å². The number of rotatable bonds is 11. The molecule has 0 atom stereocenters. The van der Waals surface area contributed by atoms with Gasteiger partial charge in [-0.3, -0.25) is 9.44 Å². The molecule has 0 aliphatic carbocycles. The van der Waals surface area contributed by atoms with Crippen LogP contribution in [0.15, 0.2) is 94.7 Å². The number of carboxylic acid groups (broad SMARTS) is 1. The molecule has 0 aliphatic heterocycles. The van der Waals surface area contributed by atoms with Crippen LogP contribution in [0.4, 0.5) is 11.4 Å². The van der Waals surface area contributed by atoms with Gasteiger partial charge in [0.25, 0.3) is 20.0 Å². The summed E-state index contributed by atoms with van der Waals surface area (Å²) in [5, 5.41) is 9.77. The van der Waals surface area contributed by atoms with Crippen molar-refractivity contribution >= 4 is 37.4 Å². The van der Waals surface area contributed by atoms with Crippen LogP contribution in [0.3, 0.4) is 0 Å². The number of hydrogen-bond donors (Lipinski definition) is 3. The molecule has 9 nitrogen and oxygen atoms in total. The molecule has 41 heavy (non-hydrogen) atoms. The number of carboxylic acids is 1. The van der Waals surface area contributed by atoms with E-state index in [4.69, 9.17) is 4.74 Å². The van der Waals surface area contributed by atoms with Crippen LogP contribution in [0.25, 0.3) is 0 Å². The van der Waals surface area contributed by atoms with Crippen LogP contribution in [0, 0.1) is 13.8 Å². The smallest absolute Gasteiger partial charge is 0.337 e. The summed E-state index contributed by atoms with van der Waals surface area (Å²) >= 11 is 0. The number of anilines is 2. The standard InChI is InChI=1S/C30H30N2O7S2/c1-4-5-22-18-23(10-16-28(22)31-40(35,36)25-12-6-20(2)7-13-25)39-24-11-17-29(27(19-24)30(33)34)32-41(37,38)26-14-8-21(3)9-15-26/h6-19,31-32H,4-5H2,1-3H3,(H,33,34). The molecular weight excluding hydrogens is 564 g/mol. The molecule has 0 heterocycles. The summed E-state index contributed by atoms with van der Waals surface area (Å²) in [6.07, 6.45) is 1.30. The highest BCUT2D eigenvalue weighted by Crippen LogP contribution is 2.32. The molecule has 0 aromatic heterocycles. The number of aromatic carboxylic acids is 1. The number of nitrogens with one attached hydrogen (secondary N) is 2. The lowest BCUT2D eigenvalue weighted by atomic mass is 10.1. The van der Waals surface area contributed by atoms with E-state index in [1.54, 1.807) is 54.6 Å². The van der Waals surface area contributed by atoms with Gasteiger partial charge in [0.2, 0.25) is 0 Å². The molecule has 0 spiro atoms. The molecule has 0 saturated carbocycles. The lowest BCUT2D eigenvalue weighted by Crippen LogP contribution is -2.15. The van der Waals surface area contributed by atoms with Crippen molar-refractivity contribution in [1.29, 1.82) is 0 Å². The number of hydrogen-bond acceptors (Lipinski definition) is 6. The Kier molecular flexibility index (Phi) is 8.69. The first-order valence-electron chi connectivity index (χ1n) is 12.7. The van der Waals surface area contributed by atoms with Crippen LogP contribution in [0.5, 0.6) is 11.5 Å². The van der Waals surface area contributed by atoms with Gasteiger partial charge in [-0.1, -0.05) is 48.7 Å². The molecule has 4 rings (SSSR count). The molecule has 0 bridgehead atoms. The Bertz CT molecular complexity index is 1780. The highest BCUT2D eigenvalue weighted by Gasteiger charge is 2.20. The van der Waals surface area contributed by atoms with Gasteiger partial charge in [0, 0.05) is 0 Å². The van der Waals surface area contributed by atoms with Crippen molar-refractivity contribution in [3.8, 4) is 11.5 Å². The molecule has 0 aliphatic rings. The van der Waals surface area contributed by atoms with Crippen LogP contribution in [-0.4, -0.2) is 27.9 Å². The molecule has 3 N–H and O–H groups in total. The Labute approximate surface area is 239 Å². The molecule has 0 unspecified atom stereocenters. The van der Waals surface area contributed by atoms with Crippen LogP contribution in [0.1, 0.15) is 40.4 Å². The molecule has 214 valence electrons. The predicted molar refractivity (Wildman–Crippen MR) is 158 cm³/mol. The normalized spacial score (nSPS) is 11.6. The maximum atomic E-state index is 12.9. The Hall–Kier alpha value is -4.35. The summed E-state index contributed by atoms with van der Waals surface area (Å²) in [5.74, 6) is -0.822. The van der Waals surface area contributed by atoms with Crippen molar-refractivity contribution in [2.75, 3.05) is 9.44 Å². The lowest BCUT2D eigenvalue weighted by molar-refractivity contribution is 0.0697. The SMILES string of the molecule is CCCc1cc(Oc2ccc(NS(=O)(=O)c3ccc(C)cc3)c(C(=O)O)c2)ccc1NS(=O)(=O)c1ccc(C)cc1. The zero-order valence-electron chi connectivity index (χ0n) is 22.7. The van der Waals surface area contributed by atoms with E-state index in [-0.39, 0.29) is 26.8 Å². The van der Waals surface area contributed by atoms with Gasteiger partial charge in [0.05, 0.1) is 26.7 Å². The Morgan fingerprint density at radius 3 is 1.66 bits per heavy atom. The van der Waals surface area contributed by atoms with Gasteiger partial charge in [-0.15, -0.1) is 0 Å². The maximum absolute atomic E-state index is 12.9. The van der Waals surface area contributed by atoms with Crippen LogP contribution in [0.2, 0.25) is 0 Å². The van der Waals surface area contributed by atoms with E-state index in [0.717, 1.165) is 17.5 Å². The summed E-state index contributed by atoms with van der Waals surface area (Å²) in [7, 11) is -7.83. The van der Waals surface area contributed by atoms with Gasteiger partial charge >= 0.3 is 5.97 Å². The quantitative estimate of drug-likeness (QED) is 0.184. The van der Waals surface area contributed by atoms with E-state index < -0.39 is 26.0 Å². The summed E-state index contributed by atoms with van der Waals surface area (Å²) in [6.45, 7) is 5.66. The van der Waals surface area contributed by atoms with Crippen molar-refractivity contribution < 1.29 is 31.5 Å². The summed E-state index contributed by atoms with van der Waals surface area (Å²) in [6, 6.07) is 21.5.